The molecule has 7 heteroatoms. The van der Waals surface area contributed by atoms with Crippen LogP contribution in [0, 0.1) is 17.1 Å². The number of benzene rings is 2. The first-order valence-electron chi connectivity index (χ1n) is 8.09. The zero-order chi connectivity index (χ0) is 18.9. The average molecular weight is 420 g/mol. The molecule has 0 spiro atoms. The Bertz CT molecular complexity index is 808. The molecule has 136 valence electrons. The number of aliphatic hydroxyl groups is 1. The van der Waals surface area contributed by atoms with Crippen molar-refractivity contribution < 1.29 is 14.3 Å². The highest BCUT2D eigenvalue weighted by Gasteiger charge is 2.13. The van der Waals surface area contributed by atoms with Gasteiger partial charge in [-0.1, -0.05) is 28.1 Å². The SMILES string of the molecule is N#Cc1ccccc1NC(=O)CCN(CCO)Cc1cc(Br)ccc1F. The highest BCUT2D eigenvalue weighted by Crippen LogP contribution is 2.18. The lowest BCUT2D eigenvalue weighted by atomic mass is 10.2. The molecule has 0 radical (unpaired) electrons. The molecule has 0 aliphatic heterocycles. The lowest BCUT2D eigenvalue weighted by Crippen LogP contribution is -2.30. The molecule has 0 aromatic heterocycles. The highest BCUT2D eigenvalue weighted by molar-refractivity contribution is 9.10. The van der Waals surface area contributed by atoms with Crippen molar-refractivity contribution in [3.05, 3.63) is 63.9 Å². The van der Waals surface area contributed by atoms with Crippen molar-refractivity contribution in [2.24, 2.45) is 0 Å². The number of aliphatic hydroxyl groups excluding tert-OH is 1. The van der Waals surface area contributed by atoms with Gasteiger partial charge in [0, 0.05) is 36.1 Å². The van der Waals surface area contributed by atoms with Crippen molar-refractivity contribution in [2.45, 2.75) is 13.0 Å². The summed E-state index contributed by atoms with van der Waals surface area (Å²) in [6.45, 7) is 0.878. The quantitative estimate of drug-likeness (QED) is 0.688. The van der Waals surface area contributed by atoms with E-state index in [-0.39, 0.29) is 31.3 Å². The smallest absolute Gasteiger partial charge is 0.225 e. The van der Waals surface area contributed by atoms with Gasteiger partial charge >= 0.3 is 0 Å². The van der Waals surface area contributed by atoms with Crippen molar-refractivity contribution in [3.63, 3.8) is 0 Å². The van der Waals surface area contributed by atoms with Crippen molar-refractivity contribution in [1.29, 1.82) is 5.26 Å². The van der Waals surface area contributed by atoms with Crippen LogP contribution >= 0.6 is 15.9 Å². The summed E-state index contributed by atoms with van der Waals surface area (Å²) in [7, 11) is 0. The molecule has 0 unspecified atom stereocenters. The van der Waals surface area contributed by atoms with Gasteiger partial charge in [0.25, 0.3) is 0 Å². The van der Waals surface area contributed by atoms with E-state index in [1.165, 1.54) is 6.07 Å². The van der Waals surface area contributed by atoms with Gasteiger partial charge in [-0.05, 0) is 30.3 Å². The Balaban J connectivity index is 1.96. The molecule has 0 saturated heterocycles. The first kappa shape index (κ1) is 20.0. The van der Waals surface area contributed by atoms with Crippen molar-refractivity contribution in [1.82, 2.24) is 4.90 Å². The molecule has 2 aromatic carbocycles. The van der Waals surface area contributed by atoms with E-state index in [4.69, 9.17) is 5.26 Å². The first-order chi connectivity index (χ1) is 12.5. The summed E-state index contributed by atoms with van der Waals surface area (Å²) >= 11 is 3.31. The van der Waals surface area contributed by atoms with E-state index in [9.17, 15) is 14.3 Å². The summed E-state index contributed by atoms with van der Waals surface area (Å²) in [5.41, 5.74) is 1.35. The number of nitriles is 1. The van der Waals surface area contributed by atoms with E-state index >= 15 is 0 Å². The third kappa shape index (κ3) is 5.92. The molecule has 0 aliphatic rings. The molecule has 0 aliphatic carbocycles. The maximum absolute atomic E-state index is 13.9. The molecule has 2 N–H and O–H groups in total. The molecule has 2 aromatic rings. The molecule has 2 rings (SSSR count). The predicted octanol–water partition coefficient (Wildman–Crippen LogP) is 3.28. The van der Waals surface area contributed by atoms with E-state index in [0.29, 0.717) is 29.9 Å². The molecular formula is C19H19BrFN3O2. The third-order valence-corrected chi connectivity index (χ3v) is 4.29. The Hall–Kier alpha value is -2.27. The summed E-state index contributed by atoms with van der Waals surface area (Å²) in [5.74, 6) is -0.575. The topological polar surface area (TPSA) is 76.4 Å². The molecule has 0 fully saturated rings. The fraction of sp³-hybridized carbons (Fsp3) is 0.263. The van der Waals surface area contributed by atoms with E-state index in [2.05, 4.69) is 21.2 Å². The molecule has 0 bridgehead atoms. The molecule has 0 atom stereocenters. The number of hydrogen-bond donors (Lipinski definition) is 2. The zero-order valence-electron chi connectivity index (χ0n) is 14.1. The summed E-state index contributed by atoms with van der Waals surface area (Å²) < 4.78 is 14.7. The standard InChI is InChI=1S/C19H19BrFN3O2/c20-16-5-6-17(21)15(11-16)13-24(9-10-25)8-7-19(26)23-18-4-2-1-3-14(18)12-22/h1-6,11,25H,7-10,13H2,(H,23,26). The fourth-order valence-corrected chi connectivity index (χ4v) is 2.89. The lowest BCUT2D eigenvalue weighted by molar-refractivity contribution is -0.116. The highest BCUT2D eigenvalue weighted by atomic mass is 79.9. The minimum absolute atomic E-state index is 0.0888. The second-order valence-corrected chi connectivity index (χ2v) is 6.61. The second kappa shape index (κ2) is 10.0. The van der Waals surface area contributed by atoms with Gasteiger partial charge in [-0.25, -0.2) is 4.39 Å². The maximum atomic E-state index is 13.9. The van der Waals surface area contributed by atoms with E-state index in [1.54, 1.807) is 41.3 Å². The van der Waals surface area contributed by atoms with Gasteiger partial charge in [0.2, 0.25) is 5.91 Å². The number of halogens is 2. The Morgan fingerprint density at radius 3 is 2.77 bits per heavy atom. The number of hydrogen-bond acceptors (Lipinski definition) is 4. The van der Waals surface area contributed by atoms with Gasteiger partial charge in [-0.2, -0.15) is 5.26 Å². The number of amides is 1. The van der Waals surface area contributed by atoms with Crippen LogP contribution in [0.3, 0.4) is 0 Å². The van der Waals surface area contributed by atoms with Crippen LogP contribution in [0.2, 0.25) is 0 Å². The number of nitrogens with one attached hydrogen (secondary N) is 1. The Labute approximate surface area is 160 Å². The van der Waals surface area contributed by atoms with Gasteiger partial charge in [-0.15, -0.1) is 0 Å². The number of para-hydroxylation sites is 1. The van der Waals surface area contributed by atoms with Crippen LogP contribution in [-0.4, -0.2) is 35.6 Å². The van der Waals surface area contributed by atoms with Gasteiger partial charge in [0.1, 0.15) is 11.9 Å². The van der Waals surface area contributed by atoms with Crippen LogP contribution < -0.4 is 5.32 Å². The number of carbonyl (C=O) groups is 1. The zero-order valence-corrected chi connectivity index (χ0v) is 15.7. The van der Waals surface area contributed by atoms with Crippen molar-refractivity contribution in [3.8, 4) is 6.07 Å². The number of nitrogens with zero attached hydrogens (tertiary/aromatic N) is 2. The Morgan fingerprint density at radius 2 is 2.04 bits per heavy atom. The monoisotopic (exact) mass is 419 g/mol. The van der Waals surface area contributed by atoms with Crippen molar-refractivity contribution in [2.75, 3.05) is 25.0 Å². The first-order valence-corrected chi connectivity index (χ1v) is 8.89. The number of carbonyl (C=O) groups excluding carboxylic acids is 1. The summed E-state index contributed by atoms with van der Waals surface area (Å²) in [5, 5.41) is 21.0. The van der Waals surface area contributed by atoms with Crippen LogP contribution in [0.4, 0.5) is 10.1 Å². The summed E-state index contributed by atoms with van der Waals surface area (Å²) in [6.07, 6.45) is 0.162. The van der Waals surface area contributed by atoms with Gasteiger partial charge in [-0.3, -0.25) is 9.69 Å². The fourth-order valence-electron chi connectivity index (χ4n) is 2.48. The average Bonchev–Trinajstić information content (AvgIpc) is 2.63. The predicted molar refractivity (Wildman–Crippen MR) is 101 cm³/mol. The van der Waals surface area contributed by atoms with Crippen LogP contribution in [0.5, 0.6) is 0 Å². The van der Waals surface area contributed by atoms with Gasteiger partial charge in [0.15, 0.2) is 0 Å². The number of anilines is 1. The number of rotatable bonds is 8. The molecule has 5 nitrogen and oxygen atoms in total. The normalized spacial score (nSPS) is 10.6. The van der Waals surface area contributed by atoms with Gasteiger partial charge < -0.3 is 10.4 Å². The summed E-state index contributed by atoms with van der Waals surface area (Å²) in [4.78, 5) is 14.0. The van der Waals surface area contributed by atoms with Crippen LogP contribution in [0.25, 0.3) is 0 Å². The second-order valence-electron chi connectivity index (χ2n) is 5.69. The molecule has 0 heterocycles. The maximum Gasteiger partial charge on any atom is 0.225 e. The molecular weight excluding hydrogens is 401 g/mol. The van der Waals surface area contributed by atoms with Crippen LogP contribution in [0.15, 0.2) is 46.9 Å². The van der Waals surface area contributed by atoms with Crippen LogP contribution in [0.1, 0.15) is 17.5 Å². The van der Waals surface area contributed by atoms with Crippen LogP contribution in [-0.2, 0) is 11.3 Å². The largest absolute Gasteiger partial charge is 0.395 e. The van der Waals surface area contributed by atoms with Gasteiger partial charge in [0.05, 0.1) is 17.9 Å². The minimum atomic E-state index is -0.330. The van der Waals surface area contributed by atoms with Crippen molar-refractivity contribution >= 4 is 27.5 Å². The van der Waals surface area contributed by atoms with E-state index in [0.717, 1.165) is 4.47 Å². The summed E-state index contributed by atoms with van der Waals surface area (Å²) in [6, 6.07) is 13.5. The Kier molecular flexibility index (Phi) is 7.73. The minimum Gasteiger partial charge on any atom is -0.395 e. The Morgan fingerprint density at radius 1 is 1.27 bits per heavy atom. The molecule has 26 heavy (non-hydrogen) atoms. The lowest BCUT2D eigenvalue weighted by Gasteiger charge is -2.21. The van der Waals surface area contributed by atoms with E-state index < -0.39 is 0 Å². The molecule has 0 saturated carbocycles. The third-order valence-electron chi connectivity index (χ3n) is 3.79. The van der Waals surface area contributed by atoms with E-state index in [1.807, 2.05) is 6.07 Å². The molecule has 1 amide bonds.